The Morgan fingerprint density at radius 1 is 1.37 bits per heavy atom. The lowest BCUT2D eigenvalue weighted by molar-refractivity contribution is -0.120. The molecule has 0 rings (SSSR count). The van der Waals surface area contributed by atoms with Crippen molar-refractivity contribution in [2.45, 2.75) is 39.7 Å². The van der Waals surface area contributed by atoms with Gasteiger partial charge in [0.05, 0.1) is 0 Å². The monoisotopic (exact) mass is 268 g/mol. The lowest BCUT2D eigenvalue weighted by Crippen LogP contribution is -2.33. The minimum atomic E-state index is -0.524. The molecule has 0 aromatic rings. The predicted octanol–water partition coefficient (Wildman–Crippen LogP) is 2.36. The molecule has 1 unspecified atom stereocenters. The van der Waals surface area contributed by atoms with Gasteiger partial charge in [-0.2, -0.15) is 0 Å². The standard InChI is InChI=1S/C14H24N2O3/c1-11(7-6-9-15-5)12(17)8-10-16-13(18)19-14(2,3)4/h6-7,9,11H,8,10H2,1-5H3,(H,16,18)/b7-6-,15-9?. The first-order chi connectivity index (χ1) is 8.76. The molecule has 0 aliphatic heterocycles. The number of alkyl carbamates (subject to hydrolysis) is 1. The molecule has 0 spiro atoms. The highest BCUT2D eigenvalue weighted by molar-refractivity contribution is 5.84. The summed E-state index contributed by atoms with van der Waals surface area (Å²) in [6.45, 7) is 7.48. The smallest absolute Gasteiger partial charge is 0.407 e. The summed E-state index contributed by atoms with van der Waals surface area (Å²) in [4.78, 5) is 26.9. The van der Waals surface area contributed by atoms with Gasteiger partial charge in [0.15, 0.2) is 0 Å². The van der Waals surface area contributed by atoms with E-state index in [1.54, 1.807) is 46.2 Å². The Kier molecular flexibility index (Phi) is 7.72. The van der Waals surface area contributed by atoms with E-state index in [1.165, 1.54) is 0 Å². The third kappa shape index (κ3) is 10.00. The molecule has 0 saturated heterocycles. The van der Waals surface area contributed by atoms with Gasteiger partial charge in [-0.25, -0.2) is 4.79 Å². The first-order valence-electron chi connectivity index (χ1n) is 6.35. The average Bonchev–Trinajstić information content (AvgIpc) is 2.26. The van der Waals surface area contributed by atoms with Crippen LogP contribution in [0, 0.1) is 5.92 Å². The van der Waals surface area contributed by atoms with Crippen molar-refractivity contribution in [3.8, 4) is 0 Å². The molecule has 19 heavy (non-hydrogen) atoms. The first kappa shape index (κ1) is 17.4. The van der Waals surface area contributed by atoms with Crippen molar-refractivity contribution in [2.24, 2.45) is 10.9 Å². The van der Waals surface area contributed by atoms with Crippen LogP contribution in [-0.2, 0) is 9.53 Å². The summed E-state index contributed by atoms with van der Waals surface area (Å²) in [5, 5.41) is 2.56. The number of rotatable bonds is 6. The van der Waals surface area contributed by atoms with Gasteiger partial charge >= 0.3 is 6.09 Å². The van der Waals surface area contributed by atoms with Crippen molar-refractivity contribution in [2.75, 3.05) is 13.6 Å². The molecule has 0 bridgehead atoms. The first-order valence-corrected chi connectivity index (χ1v) is 6.35. The molecule has 1 atom stereocenters. The molecule has 5 heteroatoms. The Hall–Kier alpha value is -1.65. The normalized spacial score (nSPS) is 13.7. The van der Waals surface area contributed by atoms with Gasteiger partial charge < -0.3 is 10.1 Å². The number of allylic oxidation sites excluding steroid dienone is 2. The summed E-state index contributed by atoms with van der Waals surface area (Å²) < 4.78 is 5.07. The van der Waals surface area contributed by atoms with Crippen LogP contribution in [0.1, 0.15) is 34.1 Å². The molecule has 1 N–H and O–H groups in total. The van der Waals surface area contributed by atoms with Gasteiger partial charge in [-0.15, -0.1) is 0 Å². The highest BCUT2D eigenvalue weighted by atomic mass is 16.6. The summed E-state index contributed by atoms with van der Waals surface area (Å²) in [5.41, 5.74) is -0.524. The number of nitrogens with one attached hydrogen (secondary N) is 1. The van der Waals surface area contributed by atoms with Crippen LogP contribution < -0.4 is 5.32 Å². The molecule has 108 valence electrons. The Balaban J connectivity index is 3.94. The molecule has 1 amide bonds. The van der Waals surface area contributed by atoms with Crippen LogP contribution in [-0.4, -0.2) is 37.3 Å². The van der Waals surface area contributed by atoms with E-state index in [2.05, 4.69) is 10.3 Å². The van der Waals surface area contributed by atoms with E-state index < -0.39 is 11.7 Å². The zero-order chi connectivity index (χ0) is 14.9. The van der Waals surface area contributed by atoms with Crippen molar-refractivity contribution < 1.29 is 14.3 Å². The zero-order valence-electron chi connectivity index (χ0n) is 12.4. The Morgan fingerprint density at radius 2 is 2.00 bits per heavy atom. The van der Waals surface area contributed by atoms with E-state index >= 15 is 0 Å². The Bertz CT molecular complexity index is 354. The third-order valence-electron chi connectivity index (χ3n) is 2.18. The van der Waals surface area contributed by atoms with Gasteiger partial charge in [-0.1, -0.05) is 13.0 Å². The SMILES string of the molecule is CN=C/C=C\C(C)C(=O)CCNC(=O)OC(C)(C)C. The van der Waals surface area contributed by atoms with Crippen LogP contribution in [0.3, 0.4) is 0 Å². The Labute approximate surface area is 115 Å². The second-order valence-corrected chi connectivity index (χ2v) is 5.23. The molecule has 0 heterocycles. The molecule has 0 aromatic heterocycles. The highest BCUT2D eigenvalue weighted by Crippen LogP contribution is 2.06. The minimum Gasteiger partial charge on any atom is -0.444 e. The predicted molar refractivity (Wildman–Crippen MR) is 76.6 cm³/mol. The summed E-state index contributed by atoms with van der Waals surface area (Å²) in [6, 6.07) is 0. The molecular formula is C14H24N2O3. The number of amides is 1. The van der Waals surface area contributed by atoms with Gasteiger partial charge in [-0.3, -0.25) is 9.79 Å². The molecule has 0 radical (unpaired) electrons. The summed E-state index contributed by atoms with van der Waals surface area (Å²) in [5.74, 6) is -0.116. The number of carbonyl (C=O) groups excluding carboxylic acids is 2. The molecular weight excluding hydrogens is 244 g/mol. The van der Waals surface area contributed by atoms with Crippen LogP contribution in [0.5, 0.6) is 0 Å². The second kappa shape index (κ2) is 8.45. The summed E-state index contributed by atoms with van der Waals surface area (Å²) >= 11 is 0. The Morgan fingerprint density at radius 3 is 2.53 bits per heavy atom. The molecule has 5 nitrogen and oxygen atoms in total. The van der Waals surface area contributed by atoms with E-state index in [0.717, 1.165) is 0 Å². The van der Waals surface area contributed by atoms with Crippen molar-refractivity contribution >= 4 is 18.1 Å². The number of ether oxygens (including phenoxy) is 1. The van der Waals surface area contributed by atoms with Crippen LogP contribution in [0.2, 0.25) is 0 Å². The van der Waals surface area contributed by atoms with Crippen molar-refractivity contribution in [1.29, 1.82) is 0 Å². The topological polar surface area (TPSA) is 67.8 Å². The van der Waals surface area contributed by atoms with Crippen molar-refractivity contribution in [3.63, 3.8) is 0 Å². The molecule has 0 saturated carbocycles. The number of aliphatic imine (C=N–C) groups is 1. The largest absolute Gasteiger partial charge is 0.444 e. The lowest BCUT2D eigenvalue weighted by atomic mass is 10.0. The highest BCUT2D eigenvalue weighted by Gasteiger charge is 2.16. The summed E-state index contributed by atoms with van der Waals surface area (Å²) in [6.07, 6.45) is 4.94. The fourth-order valence-corrected chi connectivity index (χ4v) is 1.24. The fraction of sp³-hybridized carbons (Fsp3) is 0.643. The maximum atomic E-state index is 11.7. The number of nitrogens with zero attached hydrogens (tertiary/aromatic N) is 1. The van der Waals surface area contributed by atoms with Gasteiger partial charge in [0, 0.05) is 32.1 Å². The van der Waals surface area contributed by atoms with Crippen LogP contribution in [0.15, 0.2) is 17.1 Å². The fourth-order valence-electron chi connectivity index (χ4n) is 1.24. The number of hydrogen-bond donors (Lipinski definition) is 1. The maximum Gasteiger partial charge on any atom is 0.407 e. The van der Waals surface area contributed by atoms with Gasteiger partial charge in [0.1, 0.15) is 11.4 Å². The maximum absolute atomic E-state index is 11.7. The average molecular weight is 268 g/mol. The van der Waals surface area contributed by atoms with E-state index in [4.69, 9.17) is 4.74 Å². The van der Waals surface area contributed by atoms with E-state index in [-0.39, 0.29) is 24.7 Å². The van der Waals surface area contributed by atoms with Crippen molar-refractivity contribution in [1.82, 2.24) is 5.32 Å². The van der Waals surface area contributed by atoms with E-state index in [0.29, 0.717) is 0 Å². The van der Waals surface area contributed by atoms with Gasteiger partial charge in [0.2, 0.25) is 0 Å². The van der Waals surface area contributed by atoms with Crippen molar-refractivity contribution in [3.05, 3.63) is 12.2 Å². The van der Waals surface area contributed by atoms with E-state index in [9.17, 15) is 9.59 Å². The van der Waals surface area contributed by atoms with Gasteiger partial charge in [-0.05, 0) is 26.8 Å². The van der Waals surface area contributed by atoms with Crippen LogP contribution in [0.25, 0.3) is 0 Å². The number of hydrogen-bond acceptors (Lipinski definition) is 4. The quantitative estimate of drug-likeness (QED) is 0.752. The molecule has 0 aliphatic carbocycles. The molecule has 0 aromatic carbocycles. The molecule has 0 aliphatic rings. The van der Waals surface area contributed by atoms with E-state index in [1.807, 2.05) is 6.92 Å². The number of Topliss-reactive ketones (excluding diaryl/α,β-unsaturated/α-hetero) is 1. The van der Waals surface area contributed by atoms with Gasteiger partial charge in [0.25, 0.3) is 0 Å². The molecule has 0 fully saturated rings. The number of carbonyl (C=O) groups is 2. The summed E-state index contributed by atoms with van der Waals surface area (Å²) in [7, 11) is 1.67. The lowest BCUT2D eigenvalue weighted by Gasteiger charge is -2.19. The van der Waals surface area contributed by atoms with Crippen LogP contribution >= 0.6 is 0 Å². The zero-order valence-corrected chi connectivity index (χ0v) is 12.4. The number of ketones is 1. The third-order valence-corrected chi connectivity index (χ3v) is 2.18. The minimum absolute atomic E-state index is 0.0665. The van der Waals surface area contributed by atoms with Crippen LogP contribution in [0.4, 0.5) is 4.79 Å². The second-order valence-electron chi connectivity index (χ2n) is 5.23.